The predicted octanol–water partition coefficient (Wildman–Crippen LogP) is 6.97. The minimum Gasteiger partial charge on any atom is -0.352 e. The molecular weight excluding hydrogens is 844 g/mol. The average Bonchev–Trinajstić information content (AvgIpc) is 3.83. The largest absolute Gasteiger partial charge is 0.352 e. The van der Waals surface area contributed by atoms with Crippen LogP contribution >= 0.6 is 23.2 Å². The Kier molecular flexibility index (Phi) is 11.1. The maximum Gasteiger partial charge on any atom is 0.329 e. The van der Waals surface area contributed by atoms with E-state index in [-0.39, 0.29) is 46.5 Å². The highest BCUT2D eigenvalue weighted by Gasteiger charge is 2.72. The number of carbonyl (C=O) groups is 4. The molecular formula is C48H54Cl2FN7O5. The molecule has 2 aliphatic carbocycles. The molecule has 5 fully saturated rings. The number of anilines is 1. The number of benzene rings is 3. The van der Waals surface area contributed by atoms with Crippen molar-refractivity contribution in [3.63, 3.8) is 0 Å². The molecule has 1 aromatic heterocycles. The number of imide groups is 1. The van der Waals surface area contributed by atoms with Gasteiger partial charge in [0.15, 0.2) is 0 Å². The highest BCUT2D eigenvalue weighted by atomic mass is 35.5. The van der Waals surface area contributed by atoms with E-state index in [0.29, 0.717) is 47.3 Å². The number of nitrogens with one attached hydrogen (secondary N) is 4. The van der Waals surface area contributed by atoms with Gasteiger partial charge in [0.05, 0.1) is 22.1 Å². The van der Waals surface area contributed by atoms with Crippen molar-refractivity contribution >= 4 is 63.6 Å². The minimum absolute atomic E-state index is 0.0377. The zero-order valence-electron chi connectivity index (χ0n) is 35.5. The fourth-order valence-corrected chi connectivity index (χ4v) is 13.0. The van der Waals surface area contributed by atoms with Crippen molar-refractivity contribution in [1.82, 2.24) is 30.0 Å². The van der Waals surface area contributed by atoms with Crippen molar-refractivity contribution in [1.29, 1.82) is 0 Å². The summed E-state index contributed by atoms with van der Waals surface area (Å²) in [6.07, 6.45) is 10.3. The molecule has 2 spiro atoms. The number of piperidine rings is 2. The topological polar surface area (TPSA) is 147 Å². The Labute approximate surface area is 375 Å². The van der Waals surface area contributed by atoms with Gasteiger partial charge in [-0.3, -0.25) is 38.9 Å². The normalized spacial score (nSPS) is 28.7. The van der Waals surface area contributed by atoms with Crippen LogP contribution in [0.5, 0.6) is 0 Å². The number of aryl methyl sites for hydroxylation is 1. The van der Waals surface area contributed by atoms with Gasteiger partial charge < -0.3 is 15.5 Å². The summed E-state index contributed by atoms with van der Waals surface area (Å²) in [7, 11) is 1.73. The number of hydrogen-bond donors (Lipinski definition) is 4. The Hall–Kier alpha value is -4.56. The van der Waals surface area contributed by atoms with Crippen molar-refractivity contribution in [2.75, 3.05) is 25.0 Å². The first-order valence-electron chi connectivity index (χ1n) is 22.8. The molecule has 6 aliphatic rings. The number of imidazole rings is 1. The molecule has 10 rings (SSSR count). The summed E-state index contributed by atoms with van der Waals surface area (Å²) in [5.74, 6) is -1.80. The van der Waals surface area contributed by atoms with Gasteiger partial charge in [0.25, 0.3) is 0 Å². The van der Waals surface area contributed by atoms with Crippen molar-refractivity contribution in [2.45, 2.75) is 124 Å². The first kappa shape index (κ1) is 42.4. The molecule has 2 saturated carbocycles. The first-order chi connectivity index (χ1) is 30.4. The second-order valence-electron chi connectivity index (χ2n) is 19.1. The predicted molar refractivity (Wildman–Crippen MR) is 240 cm³/mol. The zero-order valence-corrected chi connectivity index (χ0v) is 37.0. The number of likely N-dealkylation sites (tertiary alicyclic amines) is 1. The third-order valence-corrected chi connectivity index (χ3v) is 16.2. The van der Waals surface area contributed by atoms with Crippen LogP contribution in [0.4, 0.5) is 10.1 Å². The van der Waals surface area contributed by atoms with Crippen LogP contribution in [0.15, 0.2) is 59.4 Å². The van der Waals surface area contributed by atoms with Gasteiger partial charge in [0.2, 0.25) is 23.6 Å². The molecule has 1 unspecified atom stereocenters. The van der Waals surface area contributed by atoms with E-state index in [0.717, 1.165) is 88.5 Å². The Balaban J connectivity index is 0.801. The lowest BCUT2D eigenvalue weighted by atomic mass is 9.55. The number of aromatic nitrogens is 2. The molecule has 4 atom stereocenters. The van der Waals surface area contributed by atoms with Crippen molar-refractivity contribution in [2.24, 2.45) is 13.0 Å². The molecule has 12 nitrogen and oxygen atoms in total. The summed E-state index contributed by atoms with van der Waals surface area (Å²) in [6.45, 7) is 2.94. The molecule has 15 heteroatoms. The number of fused-ring (bicyclic) bond motifs is 4. The van der Waals surface area contributed by atoms with E-state index in [1.54, 1.807) is 35.9 Å². The van der Waals surface area contributed by atoms with E-state index in [2.05, 4.69) is 38.3 Å². The first-order valence-corrected chi connectivity index (χ1v) is 23.5. The number of rotatable bonds is 7. The molecule has 4 aromatic rings. The molecule has 5 heterocycles. The van der Waals surface area contributed by atoms with E-state index in [9.17, 15) is 24.0 Å². The SMILES string of the molecule is Cn1c(=O)n(C2CCC(=O)NC2=O)c2ccc(C3CCN(C[C@H]4CC[C@H](NC(=O)[C@@H]5NC6(CCCCC6)[C@@]6(C(=O)Nc7cc(Cl)ccc76)[C@H]5c5cccc(Cl)c5F)CC4)CC3)cc21. The summed E-state index contributed by atoms with van der Waals surface area (Å²) in [5, 5.41) is 13.1. The van der Waals surface area contributed by atoms with Gasteiger partial charge in [0, 0.05) is 48.2 Å². The van der Waals surface area contributed by atoms with Crippen molar-refractivity contribution in [3.8, 4) is 0 Å². The van der Waals surface area contributed by atoms with Gasteiger partial charge in [-0.15, -0.1) is 0 Å². The Bertz CT molecular complexity index is 2570. The number of halogens is 3. The molecule has 3 aromatic carbocycles. The lowest BCUT2D eigenvalue weighted by Gasteiger charge is -2.47. The van der Waals surface area contributed by atoms with E-state index in [4.69, 9.17) is 23.2 Å². The number of carbonyl (C=O) groups excluding carboxylic acids is 4. The zero-order chi connectivity index (χ0) is 43.8. The Morgan fingerprint density at radius 2 is 1.63 bits per heavy atom. The molecule has 0 radical (unpaired) electrons. The third kappa shape index (κ3) is 7.03. The van der Waals surface area contributed by atoms with E-state index >= 15 is 4.39 Å². The van der Waals surface area contributed by atoms with Crippen LogP contribution in [0.25, 0.3) is 11.0 Å². The second kappa shape index (κ2) is 16.5. The van der Waals surface area contributed by atoms with Gasteiger partial charge in [-0.05, 0) is 130 Å². The molecule has 4 amide bonds. The molecule has 3 saturated heterocycles. The van der Waals surface area contributed by atoms with Crippen LogP contribution in [0, 0.1) is 11.7 Å². The Morgan fingerprint density at radius 3 is 2.38 bits per heavy atom. The van der Waals surface area contributed by atoms with Crippen LogP contribution in [-0.4, -0.2) is 74.9 Å². The minimum atomic E-state index is -1.26. The van der Waals surface area contributed by atoms with Crippen LogP contribution < -0.4 is 27.0 Å². The highest BCUT2D eigenvalue weighted by molar-refractivity contribution is 6.31. The second-order valence-corrected chi connectivity index (χ2v) is 19.9. The highest BCUT2D eigenvalue weighted by Crippen LogP contribution is 2.63. The van der Waals surface area contributed by atoms with Crippen molar-refractivity contribution < 1.29 is 23.6 Å². The summed E-state index contributed by atoms with van der Waals surface area (Å²) in [5.41, 5.74) is 1.98. The molecule has 63 heavy (non-hydrogen) atoms. The van der Waals surface area contributed by atoms with E-state index < -0.39 is 40.7 Å². The standard InChI is InChI=1S/C48H54Cl2FN7O5/c1-56-38-24-29(10-15-36(38)58(46(56)63)37-16-17-39(59)54-43(37)60)28-18-22-57(23-19-28)26-27-8-12-31(13-9-27)52-44(61)42-40(32-6-5-7-34(50)41(32)51)48(47(55-42)20-3-2-4-21-47)33-14-11-30(49)25-35(33)53-45(48)62/h5-7,10-11,14-15,24-25,27-28,31,37,40,42,55H,2-4,8-9,12-13,16-23,26H2,1H3,(H,52,61)(H,53,62)(H,54,59,60)/t27-,31-,37?,40-,42+,48+/m0/s1. The van der Waals surface area contributed by atoms with Gasteiger partial charge in [-0.25, -0.2) is 9.18 Å². The van der Waals surface area contributed by atoms with E-state index in [1.165, 1.54) is 16.2 Å². The lowest BCUT2D eigenvalue weighted by Crippen LogP contribution is -2.60. The number of amides is 4. The molecule has 332 valence electrons. The third-order valence-electron chi connectivity index (χ3n) is 15.7. The summed E-state index contributed by atoms with van der Waals surface area (Å²) >= 11 is 12.9. The maximum absolute atomic E-state index is 16.3. The molecule has 4 aliphatic heterocycles. The maximum atomic E-state index is 16.3. The number of nitrogens with zero attached hydrogens (tertiary/aromatic N) is 3. The van der Waals surface area contributed by atoms with Crippen LogP contribution in [0.3, 0.4) is 0 Å². The lowest BCUT2D eigenvalue weighted by molar-refractivity contribution is -0.136. The fourth-order valence-electron chi connectivity index (χ4n) is 12.7. The Morgan fingerprint density at radius 1 is 0.873 bits per heavy atom. The van der Waals surface area contributed by atoms with Gasteiger partial charge in [0.1, 0.15) is 17.3 Å². The van der Waals surface area contributed by atoms with Crippen LogP contribution in [-0.2, 0) is 31.6 Å². The summed E-state index contributed by atoms with van der Waals surface area (Å²) < 4.78 is 19.5. The van der Waals surface area contributed by atoms with Gasteiger partial charge >= 0.3 is 5.69 Å². The number of hydrogen-bond acceptors (Lipinski definition) is 7. The fraction of sp³-hybridized carbons (Fsp3) is 0.521. The molecule has 0 bridgehead atoms. The molecule has 4 N–H and O–H groups in total. The summed E-state index contributed by atoms with van der Waals surface area (Å²) in [4.78, 5) is 69.7. The van der Waals surface area contributed by atoms with Gasteiger partial charge in [-0.1, -0.05) is 66.7 Å². The smallest absolute Gasteiger partial charge is 0.329 e. The van der Waals surface area contributed by atoms with E-state index in [1.807, 2.05) is 12.1 Å². The summed E-state index contributed by atoms with van der Waals surface area (Å²) in [6, 6.07) is 14.8. The van der Waals surface area contributed by atoms with Crippen LogP contribution in [0.1, 0.15) is 118 Å². The average molecular weight is 899 g/mol. The monoisotopic (exact) mass is 897 g/mol. The van der Waals surface area contributed by atoms with Gasteiger partial charge in [-0.2, -0.15) is 0 Å². The van der Waals surface area contributed by atoms with Crippen molar-refractivity contribution in [3.05, 3.63) is 97.6 Å². The quantitative estimate of drug-likeness (QED) is 0.147. The van der Waals surface area contributed by atoms with Crippen LogP contribution in [0.2, 0.25) is 10.0 Å².